The highest BCUT2D eigenvalue weighted by atomic mass is 35.5. The van der Waals surface area contributed by atoms with Crippen molar-refractivity contribution in [1.29, 1.82) is 0 Å². The number of nitrogens with one attached hydrogen (secondary N) is 2. The van der Waals surface area contributed by atoms with Gasteiger partial charge in [-0.25, -0.2) is 4.39 Å². The third-order valence-corrected chi connectivity index (χ3v) is 4.74. The van der Waals surface area contributed by atoms with Crippen LogP contribution in [0.3, 0.4) is 0 Å². The highest BCUT2D eigenvalue weighted by molar-refractivity contribution is 6.31. The van der Waals surface area contributed by atoms with E-state index in [9.17, 15) is 14.0 Å². The van der Waals surface area contributed by atoms with Crippen LogP contribution in [0.15, 0.2) is 46.9 Å². The Hall–Kier alpha value is -2.90. The molecule has 2 heterocycles. The fraction of sp³-hybridized carbons (Fsp3) is 0.200. The molecule has 3 aromatic rings. The predicted octanol–water partition coefficient (Wildman–Crippen LogP) is 4.60. The molecule has 1 fully saturated rings. The van der Waals surface area contributed by atoms with Crippen LogP contribution in [0.2, 0.25) is 5.02 Å². The first-order valence-corrected chi connectivity index (χ1v) is 9.11. The Morgan fingerprint density at radius 3 is 2.71 bits per heavy atom. The van der Waals surface area contributed by atoms with Gasteiger partial charge in [0.1, 0.15) is 23.2 Å². The standard InChI is InChI=1S/C20H16ClFN2O4/c21-13-10-11(7-8-14(13)22)23-20(26)18-17(12-4-1-2-5-15(12)28-18)24-19(25)16-6-3-9-27-16/h1-2,4-5,7-8,10,16H,3,6,9H2,(H,23,26)(H,24,25)/t16-/m1/s1. The largest absolute Gasteiger partial charge is 0.449 e. The molecule has 28 heavy (non-hydrogen) atoms. The van der Waals surface area contributed by atoms with Crippen LogP contribution in [-0.4, -0.2) is 24.5 Å². The Kier molecular flexibility index (Phi) is 5.02. The molecule has 1 aliphatic heterocycles. The topological polar surface area (TPSA) is 80.6 Å². The van der Waals surface area contributed by atoms with Crippen LogP contribution in [0.25, 0.3) is 11.0 Å². The summed E-state index contributed by atoms with van der Waals surface area (Å²) >= 11 is 5.76. The van der Waals surface area contributed by atoms with Gasteiger partial charge in [0.25, 0.3) is 11.8 Å². The molecule has 6 nitrogen and oxygen atoms in total. The number of hydrogen-bond donors (Lipinski definition) is 2. The average molecular weight is 403 g/mol. The minimum absolute atomic E-state index is 0.0620. The lowest BCUT2D eigenvalue weighted by atomic mass is 10.2. The molecule has 0 aliphatic carbocycles. The van der Waals surface area contributed by atoms with Crippen molar-refractivity contribution < 1.29 is 23.1 Å². The molecular formula is C20H16ClFN2O4. The van der Waals surface area contributed by atoms with E-state index in [-0.39, 0.29) is 22.4 Å². The number of ether oxygens (including phenoxy) is 1. The van der Waals surface area contributed by atoms with Crippen molar-refractivity contribution in [3.05, 3.63) is 59.1 Å². The molecule has 2 amide bonds. The first kappa shape index (κ1) is 18.5. The second-order valence-electron chi connectivity index (χ2n) is 6.38. The van der Waals surface area contributed by atoms with Crippen LogP contribution in [0.1, 0.15) is 23.4 Å². The summed E-state index contributed by atoms with van der Waals surface area (Å²) < 4.78 is 24.4. The second-order valence-corrected chi connectivity index (χ2v) is 6.78. The number of anilines is 2. The predicted molar refractivity (Wildman–Crippen MR) is 103 cm³/mol. The number of para-hydroxylation sites is 1. The monoisotopic (exact) mass is 402 g/mol. The van der Waals surface area contributed by atoms with Gasteiger partial charge in [-0.05, 0) is 43.2 Å². The van der Waals surface area contributed by atoms with Crippen molar-refractivity contribution >= 4 is 45.8 Å². The van der Waals surface area contributed by atoms with Gasteiger partial charge >= 0.3 is 0 Å². The molecular weight excluding hydrogens is 387 g/mol. The number of fused-ring (bicyclic) bond motifs is 1. The highest BCUT2D eigenvalue weighted by Gasteiger charge is 2.28. The zero-order chi connectivity index (χ0) is 19.7. The summed E-state index contributed by atoms with van der Waals surface area (Å²) in [5.41, 5.74) is 1.02. The third kappa shape index (κ3) is 3.58. The van der Waals surface area contributed by atoms with Crippen LogP contribution in [-0.2, 0) is 9.53 Å². The van der Waals surface area contributed by atoms with Crippen LogP contribution >= 0.6 is 11.6 Å². The second kappa shape index (κ2) is 7.61. The molecule has 2 aromatic carbocycles. The van der Waals surface area contributed by atoms with Crippen molar-refractivity contribution in [2.24, 2.45) is 0 Å². The minimum Gasteiger partial charge on any atom is -0.449 e. The Morgan fingerprint density at radius 2 is 1.96 bits per heavy atom. The number of hydrogen-bond acceptors (Lipinski definition) is 4. The lowest BCUT2D eigenvalue weighted by Gasteiger charge is -2.11. The van der Waals surface area contributed by atoms with E-state index in [0.29, 0.717) is 29.7 Å². The first-order chi connectivity index (χ1) is 13.5. The summed E-state index contributed by atoms with van der Waals surface area (Å²) in [4.78, 5) is 25.3. The maximum atomic E-state index is 13.3. The van der Waals surface area contributed by atoms with E-state index >= 15 is 0 Å². The van der Waals surface area contributed by atoms with Gasteiger partial charge < -0.3 is 19.8 Å². The zero-order valence-electron chi connectivity index (χ0n) is 14.6. The summed E-state index contributed by atoms with van der Waals surface area (Å²) in [7, 11) is 0. The van der Waals surface area contributed by atoms with Crippen LogP contribution in [0, 0.1) is 5.82 Å². The lowest BCUT2D eigenvalue weighted by molar-refractivity contribution is -0.124. The fourth-order valence-corrected chi connectivity index (χ4v) is 3.26. The van der Waals surface area contributed by atoms with E-state index < -0.39 is 17.8 Å². The number of benzene rings is 2. The van der Waals surface area contributed by atoms with Crippen LogP contribution in [0.4, 0.5) is 15.8 Å². The van der Waals surface area contributed by atoms with Crippen LogP contribution < -0.4 is 10.6 Å². The van der Waals surface area contributed by atoms with Gasteiger partial charge in [0, 0.05) is 17.7 Å². The van der Waals surface area contributed by atoms with Crippen molar-refractivity contribution in [3.63, 3.8) is 0 Å². The van der Waals surface area contributed by atoms with Gasteiger partial charge in [0.15, 0.2) is 0 Å². The molecule has 1 saturated heterocycles. The Balaban J connectivity index is 1.66. The summed E-state index contributed by atoms with van der Waals surface area (Å²) in [6, 6.07) is 10.8. The van der Waals surface area contributed by atoms with E-state index in [1.807, 2.05) is 0 Å². The molecule has 0 bridgehead atoms. The van der Waals surface area contributed by atoms with Gasteiger partial charge in [0.05, 0.1) is 5.02 Å². The smallest absolute Gasteiger partial charge is 0.293 e. The van der Waals surface area contributed by atoms with E-state index in [2.05, 4.69) is 10.6 Å². The van der Waals surface area contributed by atoms with E-state index in [1.165, 1.54) is 12.1 Å². The molecule has 2 N–H and O–H groups in total. The molecule has 0 unspecified atom stereocenters. The normalized spacial score (nSPS) is 16.3. The summed E-state index contributed by atoms with van der Waals surface area (Å²) in [6.45, 7) is 0.531. The summed E-state index contributed by atoms with van der Waals surface area (Å²) in [6.07, 6.45) is 0.876. The van der Waals surface area contributed by atoms with Crippen molar-refractivity contribution in [3.8, 4) is 0 Å². The van der Waals surface area contributed by atoms with Crippen molar-refractivity contribution in [1.82, 2.24) is 0 Å². The SMILES string of the molecule is O=C(Nc1ccc(F)c(Cl)c1)c1oc2ccccc2c1NC(=O)[C@H]1CCCO1. The van der Waals surface area contributed by atoms with Gasteiger partial charge in [-0.2, -0.15) is 0 Å². The maximum absolute atomic E-state index is 13.3. The maximum Gasteiger partial charge on any atom is 0.293 e. The van der Waals surface area contributed by atoms with Gasteiger partial charge in [-0.15, -0.1) is 0 Å². The van der Waals surface area contributed by atoms with Gasteiger partial charge in [-0.1, -0.05) is 23.7 Å². The number of halogens is 2. The van der Waals surface area contributed by atoms with E-state index in [0.717, 1.165) is 12.5 Å². The fourth-order valence-electron chi connectivity index (χ4n) is 3.08. The molecule has 1 atom stereocenters. The highest BCUT2D eigenvalue weighted by Crippen LogP contribution is 2.32. The molecule has 4 rings (SSSR count). The number of furan rings is 1. The Bertz CT molecular complexity index is 1060. The van der Waals surface area contributed by atoms with Crippen molar-refractivity contribution in [2.45, 2.75) is 18.9 Å². The Morgan fingerprint density at radius 1 is 1.14 bits per heavy atom. The number of carbonyl (C=O) groups is 2. The minimum atomic E-state index is -0.596. The first-order valence-electron chi connectivity index (χ1n) is 8.73. The van der Waals surface area contributed by atoms with E-state index in [4.69, 9.17) is 20.8 Å². The number of carbonyl (C=O) groups excluding carboxylic acids is 2. The number of amides is 2. The zero-order valence-corrected chi connectivity index (χ0v) is 15.4. The third-order valence-electron chi connectivity index (χ3n) is 4.45. The lowest BCUT2D eigenvalue weighted by Crippen LogP contribution is -2.27. The number of rotatable bonds is 4. The van der Waals surface area contributed by atoms with Gasteiger partial charge in [-0.3, -0.25) is 9.59 Å². The van der Waals surface area contributed by atoms with E-state index in [1.54, 1.807) is 24.3 Å². The molecule has 8 heteroatoms. The Labute approximate surface area is 164 Å². The van der Waals surface area contributed by atoms with Crippen molar-refractivity contribution in [2.75, 3.05) is 17.2 Å². The molecule has 0 saturated carbocycles. The van der Waals surface area contributed by atoms with Crippen LogP contribution in [0.5, 0.6) is 0 Å². The quantitative estimate of drug-likeness (QED) is 0.668. The molecule has 0 radical (unpaired) electrons. The summed E-state index contributed by atoms with van der Waals surface area (Å²) in [5.74, 6) is -1.58. The van der Waals surface area contributed by atoms with Gasteiger partial charge in [0.2, 0.25) is 5.76 Å². The molecule has 0 spiro atoms. The molecule has 1 aliphatic rings. The summed E-state index contributed by atoms with van der Waals surface area (Å²) in [5, 5.41) is 5.84. The molecule has 1 aromatic heterocycles. The molecule has 144 valence electrons. The average Bonchev–Trinajstić information content (AvgIpc) is 3.33.